The van der Waals surface area contributed by atoms with E-state index in [2.05, 4.69) is 54.5 Å². The van der Waals surface area contributed by atoms with Gasteiger partial charge in [0.1, 0.15) is 12.4 Å². The van der Waals surface area contributed by atoms with Crippen molar-refractivity contribution in [1.29, 1.82) is 0 Å². The zero-order chi connectivity index (χ0) is 14.1. The zero-order valence-electron chi connectivity index (χ0n) is 12.7. The number of hydrogen-bond donors (Lipinski definition) is 1. The molecule has 110 valence electrons. The second-order valence-corrected chi connectivity index (χ2v) is 6.08. The van der Waals surface area contributed by atoms with E-state index in [-0.39, 0.29) is 0 Å². The molecule has 1 aromatic rings. The summed E-state index contributed by atoms with van der Waals surface area (Å²) in [5.74, 6) is 1.03. The molecule has 2 heterocycles. The molecule has 1 N–H and O–H groups in total. The smallest absolute Gasteiger partial charge is 0.124 e. The highest BCUT2D eigenvalue weighted by Gasteiger charge is 2.37. The first-order valence-corrected chi connectivity index (χ1v) is 7.50. The molecule has 2 aliphatic heterocycles. The molecule has 0 amide bonds. The zero-order valence-corrected chi connectivity index (χ0v) is 12.7. The first kappa shape index (κ1) is 13.9. The van der Waals surface area contributed by atoms with E-state index in [9.17, 15) is 0 Å². The van der Waals surface area contributed by atoms with Gasteiger partial charge in [-0.3, -0.25) is 4.90 Å². The molecule has 3 unspecified atom stereocenters. The number of ether oxygens (including phenoxy) is 1. The number of nitrogens with one attached hydrogen (secondary N) is 1. The van der Waals surface area contributed by atoms with E-state index in [4.69, 9.17) is 4.74 Å². The van der Waals surface area contributed by atoms with Gasteiger partial charge in [-0.1, -0.05) is 18.2 Å². The maximum absolute atomic E-state index is 5.98. The molecule has 1 fully saturated rings. The monoisotopic (exact) mass is 275 g/mol. The van der Waals surface area contributed by atoms with Gasteiger partial charge in [-0.15, -0.1) is 0 Å². The normalized spacial score (nSPS) is 30.3. The summed E-state index contributed by atoms with van der Waals surface area (Å²) in [4.78, 5) is 4.92. The SMILES string of the molecule is CNC1c2ccccc2OCC1N1CCC(N(C)C)C1. The van der Waals surface area contributed by atoms with Crippen LogP contribution in [0.4, 0.5) is 0 Å². The number of fused-ring (bicyclic) bond motifs is 1. The van der Waals surface area contributed by atoms with Crippen molar-refractivity contribution in [3.63, 3.8) is 0 Å². The molecule has 20 heavy (non-hydrogen) atoms. The summed E-state index contributed by atoms with van der Waals surface area (Å²) in [6.07, 6.45) is 1.25. The Bertz CT molecular complexity index is 463. The van der Waals surface area contributed by atoms with Crippen molar-refractivity contribution in [3.05, 3.63) is 29.8 Å². The van der Waals surface area contributed by atoms with Crippen LogP contribution in [0.15, 0.2) is 24.3 Å². The van der Waals surface area contributed by atoms with Crippen molar-refractivity contribution in [2.75, 3.05) is 40.8 Å². The van der Waals surface area contributed by atoms with Gasteiger partial charge < -0.3 is 15.0 Å². The van der Waals surface area contributed by atoms with Crippen LogP contribution in [-0.4, -0.2) is 62.7 Å². The van der Waals surface area contributed by atoms with E-state index >= 15 is 0 Å². The van der Waals surface area contributed by atoms with Crippen molar-refractivity contribution in [3.8, 4) is 5.75 Å². The van der Waals surface area contributed by atoms with Gasteiger partial charge in [-0.25, -0.2) is 0 Å². The van der Waals surface area contributed by atoms with Crippen molar-refractivity contribution in [1.82, 2.24) is 15.1 Å². The fraction of sp³-hybridized carbons (Fsp3) is 0.625. The average molecular weight is 275 g/mol. The van der Waals surface area contributed by atoms with Crippen LogP contribution in [0.5, 0.6) is 5.75 Å². The summed E-state index contributed by atoms with van der Waals surface area (Å²) in [6, 6.07) is 9.86. The Morgan fingerprint density at radius 3 is 2.80 bits per heavy atom. The highest BCUT2D eigenvalue weighted by Crippen LogP contribution is 2.35. The molecule has 1 aromatic carbocycles. The largest absolute Gasteiger partial charge is 0.492 e. The number of para-hydroxylation sites is 1. The number of hydrogen-bond acceptors (Lipinski definition) is 4. The molecule has 0 aliphatic carbocycles. The van der Waals surface area contributed by atoms with E-state index in [0.717, 1.165) is 25.4 Å². The third-order valence-corrected chi connectivity index (χ3v) is 4.75. The third-order valence-electron chi connectivity index (χ3n) is 4.75. The summed E-state index contributed by atoms with van der Waals surface area (Å²) in [6.45, 7) is 3.08. The van der Waals surface area contributed by atoms with Crippen molar-refractivity contribution in [2.45, 2.75) is 24.5 Å². The lowest BCUT2D eigenvalue weighted by molar-refractivity contribution is 0.102. The van der Waals surface area contributed by atoms with Crippen LogP contribution in [0.25, 0.3) is 0 Å². The highest BCUT2D eigenvalue weighted by molar-refractivity contribution is 5.38. The summed E-state index contributed by atoms with van der Waals surface area (Å²) in [5, 5.41) is 3.50. The maximum Gasteiger partial charge on any atom is 0.124 e. The lowest BCUT2D eigenvalue weighted by Crippen LogP contribution is -2.49. The van der Waals surface area contributed by atoms with Crippen LogP contribution in [-0.2, 0) is 0 Å². The van der Waals surface area contributed by atoms with E-state index in [0.29, 0.717) is 18.1 Å². The number of benzene rings is 1. The van der Waals surface area contributed by atoms with E-state index < -0.39 is 0 Å². The topological polar surface area (TPSA) is 27.7 Å². The molecule has 3 atom stereocenters. The molecule has 1 saturated heterocycles. The van der Waals surface area contributed by atoms with Crippen LogP contribution in [0, 0.1) is 0 Å². The number of nitrogens with zero attached hydrogens (tertiary/aromatic N) is 2. The first-order chi connectivity index (χ1) is 9.70. The van der Waals surface area contributed by atoms with Gasteiger partial charge in [0.2, 0.25) is 0 Å². The molecule has 0 radical (unpaired) electrons. The van der Waals surface area contributed by atoms with E-state index in [1.807, 2.05) is 6.07 Å². The minimum atomic E-state index is 0.362. The molecule has 4 nitrogen and oxygen atoms in total. The fourth-order valence-electron chi connectivity index (χ4n) is 3.50. The van der Waals surface area contributed by atoms with Crippen molar-refractivity contribution in [2.24, 2.45) is 0 Å². The molecular formula is C16H25N3O. The molecule has 0 spiro atoms. The summed E-state index contributed by atoms with van der Waals surface area (Å²) in [7, 11) is 6.41. The van der Waals surface area contributed by atoms with Gasteiger partial charge in [0.05, 0.1) is 12.1 Å². The van der Waals surface area contributed by atoms with E-state index in [1.165, 1.54) is 12.0 Å². The predicted molar refractivity (Wildman–Crippen MR) is 81.2 cm³/mol. The van der Waals surface area contributed by atoms with Crippen LogP contribution in [0.2, 0.25) is 0 Å². The Kier molecular flexibility index (Phi) is 3.96. The Labute approximate surface area is 121 Å². The Morgan fingerprint density at radius 2 is 2.10 bits per heavy atom. The Morgan fingerprint density at radius 1 is 1.30 bits per heavy atom. The van der Waals surface area contributed by atoms with Gasteiger partial charge in [0.25, 0.3) is 0 Å². The first-order valence-electron chi connectivity index (χ1n) is 7.50. The minimum Gasteiger partial charge on any atom is -0.492 e. The number of likely N-dealkylation sites (N-methyl/N-ethyl adjacent to an activating group) is 2. The van der Waals surface area contributed by atoms with Gasteiger partial charge in [0, 0.05) is 24.7 Å². The van der Waals surface area contributed by atoms with E-state index in [1.54, 1.807) is 0 Å². The Hall–Kier alpha value is -1.10. The molecule has 2 aliphatic rings. The van der Waals surface area contributed by atoms with Crippen molar-refractivity contribution >= 4 is 0 Å². The molecule has 0 bridgehead atoms. The van der Waals surface area contributed by atoms with Gasteiger partial charge in [-0.05, 0) is 33.6 Å². The minimum absolute atomic E-state index is 0.362. The lowest BCUT2D eigenvalue weighted by atomic mass is 9.95. The standard InChI is InChI=1S/C16H25N3O/c1-17-16-13-6-4-5-7-15(13)20-11-14(16)19-9-8-12(10-19)18(2)3/h4-7,12,14,16-17H,8-11H2,1-3H3. The van der Waals surface area contributed by atoms with Gasteiger partial charge in [0.15, 0.2) is 0 Å². The molecular weight excluding hydrogens is 250 g/mol. The average Bonchev–Trinajstić information content (AvgIpc) is 2.95. The second kappa shape index (κ2) is 5.72. The fourth-order valence-corrected chi connectivity index (χ4v) is 3.50. The summed E-state index contributed by atoms with van der Waals surface area (Å²) < 4.78 is 5.98. The van der Waals surface area contributed by atoms with Gasteiger partial charge >= 0.3 is 0 Å². The lowest BCUT2D eigenvalue weighted by Gasteiger charge is -2.39. The van der Waals surface area contributed by atoms with Gasteiger partial charge in [-0.2, -0.15) is 0 Å². The second-order valence-electron chi connectivity index (χ2n) is 6.08. The summed E-state index contributed by atoms with van der Waals surface area (Å²) >= 11 is 0. The molecule has 4 heteroatoms. The summed E-state index contributed by atoms with van der Waals surface area (Å²) in [5.41, 5.74) is 1.29. The Balaban J connectivity index is 1.78. The number of rotatable bonds is 3. The number of likely N-dealkylation sites (tertiary alicyclic amines) is 1. The predicted octanol–water partition coefficient (Wildman–Crippen LogP) is 1.34. The molecule has 3 rings (SSSR count). The third kappa shape index (κ3) is 2.43. The van der Waals surface area contributed by atoms with Crippen LogP contribution < -0.4 is 10.1 Å². The van der Waals surface area contributed by atoms with Crippen LogP contribution >= 0.6 is 0 Å². The van der Waals surface area contributed by atoms with Crippen molar-refractivity contribution < 1.29 is 4.74 Å². The van der Waals surface area contributed by atoms with Crippen LogP contribution in [0.3, 0.4) is 0 Å². The molecule has 0 saturated carbocycles. The quantitative estimate of drug-likeness (QED) is 0.901. The van der Waals surface area contributed by atoms with Crippen LogP contribution in [0.1, 0.15) is 18.0 Å². The maximum atomic E-state index is 5.98. The highest BCUT2D eigenvalue weighted by atomic mass is 16.5. The molecule has 0 aromatic heterocycles.